The first-order chi connectivity index (χ1) is 7.55. The van der Waals surface area contributed by atoms with E-state index in [1.165, 1.54) is 10.7 Å². The van der Waals surface area contributed by atoms with Crippen LogP contribution in [-0.4, -0.2) is 36.1 Å². The summed E-state index contributed by atoms with van der Waals surface area (Å²) in [6, 6.07) is 0. The van der Waals surface area contributed by atoms with Gasteiger partial charge in [0.2, 0.25) is 0 Å². The molecule has 5 heteroatoms. The fraction of sp³-hybridized carbons (Fsp3) is 0.750. The molecule has 1 aromatic heterocycles. The van der Waals surface area contributed by atoms with Gasteiger partial charge < -0.3 is 5.32 Å². The van der Waals surface area contributed by atoms with Gasteiger partial charge in [0.1, 0.15) is 0 Å². The Morgan fingerprint density at radius 2 is 2.00 bits per heavy atom. The van der Waals surface area contributed by atoms with Gasteiger partial charge in [-0.3, -0.25) is 4.90 Å². The Labute approximate surface area is 114 Å². The number of piperazine rings is 1. The molecule has 0 saturated carbocycles. The highest BCUT2D eigenvalue weighted by atomic mass is 35.5. The van der Waals surface area contributed by atoms with Gasteiger partial charge in [-0.15, -0.1) is 23.7 Å². The van der Waals surface area contributed by atoms with E-state index in [0.717, 1.165) is 32.7 Å². The van der Waals surface area contributed by atoms with E-state index in [0.29, 0.717) is 0 Å². The first-order valence-electron chi connectivity index (χ1n) is 5.94. The molecule has 1 fully saturated rings. The van der Waals surface area contributed by atoms with Crippen LogP contribution in [0.5, 0.6) is 0 Å². The number of nitrogens with zero attached hydrogens (tertiary/aromatic N) is 2. The van der Waals surface area contributed by atoms with Crippen LogP contribution in [0.2, 0.25) is 0 Å². The first kappa shape index (κ1) is 14.9. The fourth-order valence-corrected chi connectivity index (χ4v) is 2.72. The molecule has 2 rings (SSSR count). The van der Waals surface area contributed by atoms with Crippen molar-refractivity contribution in [3.8, 4) is 0 Å². The minimum absolute atomic E-state index is 0. The fourth-order valence-electron chi connectivity index (χ4n) is 1.82. The zero-order valence-corrected chi connectivity index (χ0v) is 12.5. The summed E-state index contributed by atoms with van der Waals surface area (Å²) in [5.41, 5.74) is 1.42. The maximum Gasteiger partial charge on any atom is 0.0982 e. The van der Waals surface area contributed by atoms with E-state index in [1.807, 2.05) is 0 Å². The number of hydrogen-bond donors (Lipinski definition) is 1. The average molecular weight is 276 g/mol. The molecule has 17 heavy (non-hydrogen) atoms. The standard InChI is InChI=1S/C12H21N3S.ClH/c1-12(2,3)11-14-10(9-16-11)8-15-6-4-13-5-7-15;/h9,13H,4-8H2,1-3H3;1H. The van der Waals surface area contributed by atoms with Crippen LogP contribution >= 0.6 is 23.7 Å². The Balaban J connectivity index is 0.00000144. The van der Waals surface area contributed by atoms with Crippen molar-refractivity contribution in [2.45, 2.75) is 32.7 Å². The summed E-state index contributed by atoms with van der Waals surface area (Å²) in [7, 11) is 0. The van der Waals surface area contributed by atoms with Crippen molar-refractivity contribution in [1.82, 2.24) is 15.2 Å². The number of rotatable bonds is 2. The predicted molar refractivity (Wildman–Crippen MR) is 76.2 cm³/mol. The van der Waals surface area contributed by atoms with Crippen molar-refractivity contribution in [1.29, 1.82) is 0 Å². The van der Waals surface area contributed by atoms with Gasteiger partial charge in [0, 0.05) is 43.5 Å². The monoisotopic (exact) mass is 275 g/mol. The van der Waals surface area contributed by atoms with Crippen molar-refractivity contribution in [2.75, 3.05) is 26.2 Å². The third kappa shape index (κ3) is 4.21. The lowest BCUT2D eigenvalue weighted by molar-refractivity contribution is 0.231. The largest absolute Gasteiger partial charge is 0.314 e. The molecule has 98 valence electrons. The van der Waals surface area contributed by atoms with Crippen LogP contribution < -0.4 is 5.32 Å². The van der Waals surface area contributed by atoms with Gasteiger partial charge in [-0.2, -0.15) is 0 Å². The topological polar surface area (TPSA) is 28.2 Å². The number of nitrogens with one attached hydrogen (secondary N) is 1. The lowest BCUT2D eigenvalue weighted by Gasteiger charge is -2.26. The van der Waals surface area contributed by atoms with E-state index in [-0.39, 0.29) is 17.8 Å². The highest BCUT2D eigenvalue weighted by molar-refractivity contribution is 7.09. The Morgan fingerprint density at radius 3 is 2.53 bits per heavy atom. The third-order valence-electron chi connectivity index (χ3n) is 2.79. The lowest BCUT2D eigenvalue weighted by atomic mass is 9.98. The zero-order chi connectivity index (χ0) is 11.6. The Kier molecular flexibility index (Phi) is 5.38. The second-order valence-electron chi connectivity index (χ2n) is 5.42. The van der Waals surface area contributed by atoms with Crippen LogP contribution in [0.4, 0.5) is 0 Å². The second-order valence-corrected chi connectivity index (χ2v) is 6.28. The van der Waals surface area contributed by atoms with Crippen molar-refractivity contribution >= 4 is 23.7 Å². The van der Waals surface area contributed by atoms with E-state index in [1.54, 1.807) is 11.3 Å². The molecular weight excluding hydrogens is 254 g/mol. The molecule has 0 radical (unpaired) electrons. The summed E-state index contributed by atoms with van der Waals surface area (Å²) in [4.78, 5) is 7.20. The average Bonchev–Trinajstić information content (AvgIpc) is 2.67. The molecule has 0 amide bonds. The molecule has 1 N–H and O–H groups in total. The van der Waals surface area contributed by atoms with Crippen LogP contribution in [0.25, 0.3) is 0 Å². The maximum absolute atomic E-state index is 4.73. The van der Waals surface area contributed by atoms with E-state index in [9.17, 15) is 0 Å². The van der Waals surface area contributed by atoms with Gasteiger partial charge in [-0.25, -0.2) is 4.98 Å². The van der Waals surface area contributed by atoms with E-state index < -0.39 is 0 Å². The Bertz CT molecular complexity index is 340. The molecule has 2 heterocycles. The number of hydrogen-bond acceptors (Lipinski definition) is 4. The highest BCUT2D eigenvalue weighted by Crippen LogP contribution is 2.25. The molecule has 0 bridgehead atoms. The van der Waals surface area contributed by atoms with Gasteiger partial charge in [0.25, 0.3) is 0 Å². The number of aromatic nitrogens is 1. The van der Waals surface area contributed by atoms with Gasteiger partial charge in [0.05, 0.1) is 10.7 Å². The van der Waals surface area contributed by atoms with Crippen molar-refractivity contribution in [3.05, 3.63) is 16.1 Å². The highest BCUT2D eigenvalue weighted by Gasteiger charge is 2.19. The summed E-state index contributed by atoms with van der Waals surface area (Å²) < 4.78 is 0. The maximum atomic E-state index is 4.73. The molecular formula is C12H22ClN3S. The molecule has 0 unspecified atom stereocenters. The quantitative estimate of drug-likeness (QED) is 0.898. The summed E-state index contributed by atoms with van der Waals surface area (Å²) in [6.07, 6.45) is 0. The molecule has 0 aliphatic carbocycles. The first-order valence-corrected chi connectivity index (χ1v) is 6.81. The Hall–Kier alpha value is -0.160. The summed E-state index contributed by atoms with van der Waals surface area (Å²) in [5, 5.41) is 6.83. The summed E-state index contributed by atoms with van der Waals surface area (Å²) >= 11 is 1.79. The van der Waals surface area contributed by atoms with Gasteiger partial charge >= 0.3 is 0 Å². The lowest BCUT2D eigenvalue weighted by Crippen LogP contribution is -2.42. The SMILES string of the molecule is CC(C)(C)c1nc(CN2CCNCC2)cs1.Cl. The van der Waals surface area contributed by atoms with E-state index >= 15 is 0 Å². The van der Waals surface area contributed by atoms with Crippen LogP contribution in [0.1, 0.15) is 31.5 Å². The minimum Gasteiger partial charge on any atom is -0.314 e. The number of thiazole rings is 1. The third-order valence-corrected chi connectivity index (χ3v) is 4.11. The molecule has 3 nitrogen and oxygen atoms in total. The molecule has 0 aromatic carbocycles. The number of halogens is 1. The summed E-state index contributed by atoms with van der Waals surface area (Å²) in [6.45, 7) is 12.2. The molecule has 1 aliphatic rings. The summed E-state index contributed by atoms with van der Waals surface area (Å²) in [5.74, 6) is 0. The van der Waals surface area contributed by atoms with Gasteiger partial charge in [-0.1, -0.05) is 20.8 Å². The van der Waals surface area contributed by atoms with Crippen LogP contribution in [0.3, 0.4) is 0 Å². The van der Waals surface area contributed by atoms with Gasteiger partial charge in [0.15, 0.2) is 0 Å². The van der Waals surface area contributed by atoms with Crippen LogP contribution in [0.15, 0.2) is 5.38 Å². The van der Waals surface area contributed by atoms with Gasteiger partial charge in [-0.05, 0) is 0 Å². The van der Waals surface area contributed by atoms with Crippen molar-refractivity contribution in [3.63, 3.8) is 0 Å². The van der Waals surface area contributed by atoms with Crippen molar-refractivity contribution in [2.24, 2.45) is 0 Å². The smallest absolute Gasteiger partial charge is 0.0982 e. The molecule has 1 saturated heterocycles. The van der Waals surface area contributed by atoms with Crippen molar-refractivity contribution < 1.29 is 0 Å². The minimum atomic E-state index is 0. The second kappa shape index (κ2) is 6.14. The molecule has 0 spiro atoms. The van der Waals surface area contributed by atoms with E-state index in [4.69, 9.17) is 4.98 Å². The zero-order valence-electron chi connectivity index (χ0n) is 10.8. The molecule has 0 atom stereocenters. The molecule has 1 aliphatic heterocycles. The van der Waals surface area contributed by atoms with Crippen LogP contribution in [-0.2, 0) is 12.0 Å². The normalized spacial score (nSPS) is 17.8. The predicted octanol–water partition coefficient (Wildman–Crippen LogP) is 2.27. The Morgan fingerprint density at radius 1 is 1.35 bits per heavy atom. The molecule has 1 aromatic rings. The van der Waals surface area contributed by atoms with Crippen LogP contribution in [0, 0.1) is 0 Å². The van der Waals surface area contributed by atoms with E-state index in [2.05, 4.69) is 36.4 Å².